The third kappa shape index (κ3) is 2.01. The van der Waals surface area contributed by atoms with Crippen LogP contribution in [0.4, 0.5) is 0 Å². The molecule has 1 saturated heterocycles. The van der Waals surface area contributed by atoms with E-state index < -0.39 is 18.3 Å². The highest BCUT2D eigenvalue weighted by atomic mass is 35.5. The SMILES string of the molecule is CC1(C)OB(c2nccc(Cl)c2C#N)OC1(C)C. The summed E-state index contributed by atoms with van der Waals surface area (Å²) in [5.41, 5.74) is -0.190. The van der Waals surface area contributed by atoms with Crippen LogP contribution in [0.2, 0.25) is 5.02 Å². The average molecular weight is 265 g/mol. The molecule has 0 amide bonds. The van der Waals surface area contributed by atoms with Gasteiger partial charge in [-0.1, -0.05) is 11.6 Å². The van der Waals surface area contributed by atoms with Crippen molar-refractivity contribution in [1.29, 1.82) is 5.26 Å². The zero-order valence-corrected chi connectivity index (χ0v) is 11.6. The van der Waals surface area contributed by atoms with Gasteiger partial charge in [0.1, 0.15) is 6.07 Å². The first-order valence-electron chi connectivity index (χ1n) is 5.68. The Bertz CT molecular complexity index is 509. The highest BCUT2D eigenvalue weighted by Gasteiger charge is 2.53. The predicted molar refractivity (Wildman–Crippen MR) is 69.7 cm³/mol. The maximum absolute atomic E-state index is 9.13. The Labute approximate surface area is 112 Å². The van der Waals surface area contributed by atoms with E-state index in [1.165, 1.54) is 0 Å². The first-order valence-corrected chi connectivity index (χ1v) is 6.06. The van der Waals surface area contributed by atoms with Crippen molar-refractivity contribution in [1.82, 2.24) is 4.98 Å². The maximum Gasteiger partial charge on any atom is 0.515 e. The van der Waals surface area contributed by atoms with Gasteiger partial charge in [0.25, 0.3) is 0 Å². The van der Waals surface area contributed by atoms with E-state index >= 15 is 0 Å². The van der Waals surface area contributed by atoms with E-state index in [4.69, 9.17) is 26.2 Å². The van der Waals surface area contributed by atoms with E-state index in [-0.39, 0.29) is 0 Å². The minimum Gasteiger partial charge on any atom is -0.398 e. The van der Waals surface area contributed by atoms with Gasteiger partial charge in [0.15, 0.2) is 0 Å². The third-order valence-corrected chi connectivity index (χ3v) is 3.83. The molecule has 18 heavy (non-hydrogen) atoms. The van der Waals surface area contributed by atoms with Crippen LogP contribution in [0.25, 0.3) is 0 Å². The van der Waals surface area contributed by atoms with Crippen LogP contribution in [-0.2, 0) is 9.31 Å². The molecule has 0 radical (unpaired) electrons. The Hall–Kier alpha value is -1.09. The van der Waals surface area contributed by atoms with Crippen molar-refractivity contribution in [3.63, 3.8) is 0 Å². The lowest BCUT2D eigenvalue weighted by molar-refractivity contribution is 0.00578. The predicted octanol–water partition coefficient (Wildman–Crippen LogP) is 1.91. The van der Waals surface area contributed by atoms with E-state index in [0.717, 1.165) is 0 Å². The molecule has 0 atom stereocenters. The van der Waals surface area contributed by atoms with Gasteiger partial charge in [-0.05, 0) is 33.8 Å². The van der Waals surface area contributed by atoms with E-state index in [9.17, 15) is 0 Å². The van der Waals surface area contributed by atoms with Crippen LogP contribution in [0.1, 0.15) is 33.3 Å². The molecule has 0 saturated carbocycles. The van der Waals surface area contributed by atoms with Crippen molar-refractivity contribution >= 4 is 24.3 Å². The Kier molecular flexibility index (Phi) is 3.14. The van der Waals surface area contributed by atoms with Gasteiger partial charge in [-0.15, -0.1) is 0 Å². The fourth-order valence-electron chi connectivity index (χ4n) is 1.70. The van der Waals surface area contributed by atoms with Crippen molar-refractivity contribution in [2.75, 3.05) is 0 Å². The van der Waals surface area contributed by atoms with E-state index in [2.05, 4.69) is 4.98 Å². The molecule has 1 aromatic heterocycles. The van der Waals surface area contributed by atoms with Crippen LogP contribution in [-0.4, -0.2) is 23.3 Å². The number of halogens is 1. The van der Waals surface area contributed by atoms with Crippen LogP contribution in [0.5, 0.6) is 0 Å². The molecule has 1 fully saturated rings. The lowest BCUT2D eigenvalue weighted by Gasteiger charge is -2.32. The van der Waals surface area contributed by atoms with Gasteiger partial charge >= 0.3 is 7.12 Å². The van der Waals surface area contributed by atoms with Gasteiger partial charge in [0, 0.05) is 6.20 Å². The molecular weight excluding hydrogens is 250 g/mol. The van der Waals surface area contributed by atoms with Gasteiger partial charge in [0.05, 0.1) is 27.4 Å². The third-order valence-electron chi connectivity index (χ3n) is 3.52. The van der Waals surface area contributed by atoms with E-state index in [1.54, 1.807) is 12.3 Å². The molecule has 94 valence electrons. The first kappa shape index (κ1) is 13.3. The molecule has 1 aromatic rings. The molecule has 0 unspecified atom stereocenters. The fourth-order valence-corrected chi connectivity index (χ4v) is 1.89. The molecule has 6 heteroatoms. The Morgan fingerprint density at radius 1 is 1.28 bits per heavy atom. The summed E-state index contributed by atoms with van der Waals surface area (Å²) in [6.07, 6.45) is 1.55. The molecule has 2 heterocycles. The zero-order chi connectivity index (χ0) is 13.6. The standard InChI is InChI=1S/C12H14BClN2O2/c1-11(2)12(3,4)18-13(17-11)10-8(7-15)9(14)5-6-16-10/h5-6H,1-4H3. The number of aromatic nitrogens is 1. The molecule has 0 N–H and O–H groups in total. The molecule has 4 nitrogen and oxygen atoms in total. The minimum absolute atomic E-state index is 0.303. The summed E-state index contributed by atoms with van der Waals surface area (Å²) in [7, 11) is -0.664. The highest BCUT2D eigenvalue weighted by molar-refractivity contribution is 6.62. The summed E-state index contributed by atoms with van der Waals surface area (Å²) in [5.74, 6) is 0. The maximum atomic E-state index is 9.13. The Morgan fingerprint density at radius 2 is 1.83 bits per heavy atom. The van der Waals surface area contributed by atoms with Crippen LogP contribution < -0.4 is 5.59 Å². The Balaban J connectivity index is 2.42. The van der Waals surface area contributed by atoms with Crippen LogP contribution >= 0.6 is 11.6 Å². The molecule has 2 rings (SSSR count). The van der Waals surface area contributed by atoms with Gasteiger partial charge in [-0.2, -0.15) is 5.26 Å². The molecular formula is C12H14BClN2O2. The summed E-state index contributed by atoms with van der Waals surface area (Å²) in [6, 6.07) is 3.62. The largest absolute Gasteiger partial charge is 0.515 e. The highest BCUT2D eigenvalue weighted by Crippen LogP contribution is 2.36. The molecule has 1 aliphatic heterocycles. The van der Waals surface area contributed by atoms with Crippen LogP contribution in [0.3, 0.4) is 0 Å². The van der Waals surface area contributed by atoms with E-state index in [1.807, 2.05) is 33.8 Å². The van der Waals surface area contributed by atoms with Crippen LogP contribution in [0.15, 0.2) is 12.3 Å². The minimum atomic E-state index is -0.664. The average Bonchev–Trinajstić information content (AvgIpc) is 2.47. The summed E-state index contributed by atoms with van der Waals surface area (Å²) in [6.45, 7) is 7.79. The topological polar surface area (TPSA) is 55.1 Å². The van der Waals surface area contributed by atoms with Gasteiger partial charge in [-0.25, -0.2) is 0 Å². The van der Waals surface area contributed by atoms with E-state index in [0.29, 0.717) is 16.2 Å². The molecule has 0 aromatic carbocycles. The first-order chi connectivity index (χ1) is 8.28. The zero-order valence-electron chi connectivity index (χ0n) is 10.8. The second-order valence-corrected chi connectivity index (χ2v) is 5.66. The summed E-state index contributed by atoms with van der Waals surface area (Å²) < 4.78 is 11.7. The number of nitriles is 1. The van der Waals surface area contributed by atoms with Crippen LogP contribution in [0, 0.1) is 11.3 Å². The molecule has 0 bridgehead atoms. The number of hydrogen-bond donors (Lipinski definition) is 0. The number of hydrogen-bond acceptors (Lipinski definition) is 4. The second kappa shape index (κ2) is 4.23. The van der Waals surface area contributed by atoms with Gasteiger partial charge < -0.3 is 9.31 Å². The lowest BCUT2D eigenvalue weighted by Crippen LogP contribution is -2.41. The summed E-state index contributed by atoms with van der Waals surface area (Å²) in [4.78, 5) is 4.17. The smallest absolute Gasteiger partial charge is 0.398 e. The summed E-state index contributed by atoms with van der Waals surface area (Å²) in [5, 5.41) is 9.49. The van der Waals surface area contributed by atoms with Crippen molar-refractivity contribution in [3.8, 4) is 6.07 Å². The number of pyridine rings is 1. The van der Waals surface area contributed by atoms with Gasteiger partial charge in [-0.3, -0.25) is 4.98 Å². The monoisotopic (exact) mass is 264 g/mol. The molecule has 1 aliphatic rings. The van der Waals surface area contributed by atoms with Crippen molar-refractivity contribution in [3.05, 3.63) is 22.8 Å². The molecule has 0 spiro atoms. The molecule has 0 aliphatic carbocycles. The number of rotatable bonds is 1. The van der Waals surface area contributed by atoms with Crippen molar-refractivity contribution in [2.24, 2.45) is 0 Å². The normalized spacial score (nSPS) is 20.8. The quantitative estimate of drug-likeness (QED) is 0.727. The van der Waals surface area contributed by atoms with Crippen molar-refractivity contribution in [2.45, 2.75) is 38.9 Å². The summed E-state index contributed by atoms with van der Waals surface area (Å²) >= 11 is 5.98. The fraction of sp³-hybridized carbons (Fsp3) is 0.500. The number of nitrogens with zero attached hydrogens (tertiary/aromatic N) is 2. The second-order valence-electron chi connectivity index (χ2n) is 5.25. The van der Waals surface area contributed by atoms with Gasteiger partial charge in [0.2, 0.25) is 0 Å². The Morgan fingerprint density at radius 3 is 2.33 bits per heavy atom. The van der Waals surface area contributed by atoms with Crippen molar-refractivity contribution < 1.29 is 9.31 Å². The lowest BCUT2D eigenvalue weighted by atomic mass is 9.81.